The third kappa shape index (κ3) is 3.13. The zero-order valence-corrected chi connectivity index (χ0v) is 13.0. The number of benzene rings is 1. The molecule has 1 N–H and O–H groups in total. The highest BCUT2D eigenvalue weighted by Crippen LogP contribution is 2.22. The molecule has 0 spiro atoms. The Balaban J connectivity index is 1.85. The number of nitrogens with one attached hydrogen (secondary N) is 1. The van der Waals surface area contributed by atoms with Crippen molar-refractivity contribution in [3.63, 3.8) is 0 Å². The smallest absolute Gasteiger partial charge is 0.227 e. The maximum atomic E-state index is 4.63. The lowest BCUT2D eigenvalue weighted by molar-refractivity contribution is 0.991. The molecule has 21 heavy (non-hydrogen) atoms. The van der Waals surface area contributed by atoms with Gasteiger partial charge in [-0.05, 0) is 30.0 Å². The van der Waals surface area contributed by atoms with Crippen molar-refractivity contribution in [2.24, 2.45) is 0 Å². The molecule has 3 aromatic rings. The molecular formula is C16H18N4S. The summed E-state index contributed by atoms with van der Waals surface area (Å²) in [6.07, 6.45) is 1.01. The molecule has 2 aromatic heterocycles. The van der Waals surface area contributed by atoms with Gasteiger partial charge in [-0.1, -0.05) is 18.2 Å². The van der Waals surface area contributed by atoms with Gasteiger partial charge in [-0.2, -0.15) is 4.98 Å². The van der Waals surface area contributed by atoms with Gasteiger partial charge in [0, 0.05) is 30.9 Å². The summed E-state index contributed by atoms with van der Waals surface area (Å²) in [4.78, 5) is 12.5. The van der Waals surface area contributed by atoms with Crippen LogP contribution in [-0.4, -0.2) is 30.6 Å². The first-order valence-corrected chi connectivity index (χ1v) is 7.82. The number of rotatable bonds is 5. The largest absolute Gasteiger partial charge is 0.369 e. The second-order valence-electron chi connectivity index (χ2n) is 5.04. The van der Waals surface area contributed by atoms with E-state index in [1.807, 2.05) is 37.2 Å². The Morgan fingerprint density at radius 1 is 1.10 bits per heavy atom. The molecule has 4 nitrogen and oxygen atoms in total. The van der Waals surface area contributed by atoms with Crippen LogP contribution >= 0.6 is 11.3 Å². The number of anilines is 2. The van der Waals surface area contributed by atoms with Crippen molar-refractivity contribution in [2.75, 3.05) is 30.9 Å². The number of aromatic nitrogens is 2. The first kappa shape index (κ1) is 13.8. The summed E-state index contributed by atoms with van der Waals surface area (Å²) in [6.45, 7) is 0.869. The molecule has 0 fully saturated rings. The first-order chi connectivity index (χ1) is 10.2. The van der Waals surface area contributed by atoms with Crippen LogP contribution in [0.15, 0.2) is 41.8 Å². The van der Waals surface area contributed by atoms with Crippen molar-refractivity contribution < 1.29 is 0 Å². The van der Waals surface area contributed by atoms with Crippen molar-refractivity contribution in [2.45, 2.75) is 6.42 Å². The molecule has 0 aliphatic carbocycles. The predicted molar refractivity (Wildman–Crippen MR) is 90.4 cm³/mol. The van der Waals surface area contributed by atoms with E-state index in [1.54, 1.807) is 11.3 Å². The van der Waals surface area contributed by atoms with E-state index < -0.39 is 0 Å². The zero-order valence-electron chi connectivity index (χ0n) is 12.2. The van der Waals surface area contributed by atoms with Gasteiger partial charge in [0.1, 0.15) is 5.82 Å². The van der Waals surface area contributed by atoms with Gasteiger partial charge in [0.2, 0.25) is 5.95 Å². The van der Waals surface area contributed by atoms with Crippen molar-refractivity contribution >= 4 is 34.0 Å². The van der Waals surface area contributed by atoms with E-state index in [0.29, 0.717) is 0 Å². The van der Waals surface area contributed by atoms with Gasteiger partial charge < -0.3 is 10.2 Å². The van der Waals surface area contributed by atoms with Crippen LogP contribution in [0.5, 0.6) is 0 Å². The van der Waals surface area contributed by atoms with Crippen LogP contribution in [0.25, 0.3) is 10.9 Å². The van der Waals surface area contributed by atoms with Gasteiger partial charge in [-0.15, -0.1) is 11.3 Å². The normalized spacial score (nSPS) is 10.8. The van der Waals surface area contributed by atoms with Crippen molar-refractivity contribution in [3.05, 3.63) is 46.7 Å². The van der Waals surface area contributed by atoms with Crippen LogP contribution in [0.1, 0.15) is 4.88 Å². The monoisotopic (exact) mass is 298 g/mol. The lowest BCUT2D eigenvalue weighted by Crippen LogP contribution is -2.15. The zero-order chi connectivity index (χ0) is 14.7. The molecular weight excluding hydrogens is 280 g/mol. The van der Waals surface area contributed by atoms with Crippen LogP contribution in [-0.2, 0) is 6.42 Å². The van der Waals surface area contributed by atoms with E-state index in [1.165, 1.54) is 4.88 Å². The lowest BCUT2D eigenvalue weighted by atomic mass is 10.2. The van der Waals surface area contributed by atoms with Gasteiger partial charge in [-0.3, -0.25) is 0 Å². The fourth-order valence-electron chi connectivity index (χ4n) is 2.16. The number of fused-ring (bicyclic) bond motifs is 1. The van der Waals surface area contributed by atoms with E-state index in [9.17, 15) is 0 Å². The molecule has 1 aromatic carbocycles. The molecule has 108 valence electrons. The number of thiophene rings is 1. The maximum Gasteiger partial charge on any atom is 0.227 e. The highest BCUT2D eigenvalue weighted by Gasteiger charge is 2.08. The number of nitrogens with zero attached hydrogens (tertiary/aromatic N) is 3. The molecule has 0 radical (unpaired) electrons. The van der Waals surface area contributed by atoms with Crippen molar-refractivity contribution in [1.82, 2.24) is 9.97 Å². The highest BCUT2D eigenvalue weighted by molar-refractivity contribution is 7.09. The predicted octanol–water partition coefficient (Wildman–Crippen LogP) is 3.41. The van der Waals surface area contributed by atoms with Gasteiger partial charge in [0.15, 0.2) is 0 Å². The van der Waals surface area contributed by atoms with Crippen LogP contribution in [0.4, 0.5) is 11.8 Å². The first-order valence-electron chi connectivity index (χ1n) is 6.94. The van der Waals surface area contributed by atoms with E-state index in [0.717, 1.165) is 35.6 Å². The lowest BCUT2D eigenvalue weighted by Gasteiger charge is -2.14. The van der Waals surface area contributed by atoms with Crippen molar-refractivity contribution in [3.8, 4) is 0 Å². The standard InChI is InChI=1S/C16H18N4S/c1-20(2)16-18-14-8-4-3-7-13(14)15(19-16)17-10-9-12-6-5-11-21-12/h3-8,11H,9-10H2,1-2H3,(H,17,18,19). The van der Waals surface area contributed by atoms with Gasteiger partial charge >= 0.3 is 0 Å². The van der Waals surface area contributed by atoms with E-state index in [2.05, 4.69) is 38.9 Å². The molecule has 0 aliphatic rings. The summed E-state index contributed by atoms with van der Waals surface area (Å²) in [5.74, 6) is 1.63. The third-order valence-corrected chi connectivity index (χ3v) is 4.17. The summed E-state index contributed by atoms with van der Waals surface area (Å²) in [7, 11) is 3.92. The minimum atomic E-state index is 0.729. The molecule has 0 atom stereocenters. The fraction of sp³-hybridized carbons (Fsp3) is 0.250. The van der Waals surface area contributed by atoms with Crippen LogP contribution < -0.4 is 10.2 Å². The van der Waals surface area contributed by atoms with Gasteiger partial charge in [0.25, 0.3) is 0 Å². The van der Waals surface area contributed by atoms with E-state index in [4.69, 9.17) is 0 Å². The average molecular weight is 298 g/mol. The van der Waals surface area contributed by atoms with Crippen LogP contribution in [0.3, 0.4) is 0 Å². The number of hydrogen-bond acceptors (Lipinski definition) is 5. The summed E-state index contributed by atoms with van der Waals surface area (Å²) in [5.41, 5.74) is 0.967. The molecule has 0 saturated carbocycles. The van der Waals surface area contributed by atoms with E-state index >= 15 is 0 Å². The Kier molecular flexibility index (Phi) is 4.01. The molecule has 2 heterocycles. The fourth-order valence-corrected chi connectivity index (χ4v) is 2.87. The Morgan fingerprint density at radius 2 is 1.95 bits per heavy atom. The minimum Gasteiger partial charge on any atom is -0.369 e. The number of hydrogen-bond donors (Lipinski definition) is 1. The number of para-hydroxylation sites is 1. The topological polar surface area (TPSA) is 41.1 Å². The summed E-state index contributed by atoms with van der Waals surface area (Å²) < 4.78 is 0. The molecule has 0 amide bonds. The minimum absolute atomic E-state index is 0.729. The Labute approximate surface area is 128 Å². The molecule has 0 bridgehead atoms. The molecule has 3 rings (SSSR count). The summed E-state index contributed by atoms with van der Waals surface area (Å²) >= 11 is 1.79. The van der Waals surface area contributed by atoms with Crippen molar-refractivity contribution in [1.29, 1.82) is 0 Å². The second-order valence-corrected chi connectivity index (χ2v) is 6.07. The second kappa shape index (κ2) is 6.10. The molecule has 0 aliphatic heterocycles. The van der Waals surface area contributed by atoms with Gasteiger partial charge in [0.05, 0.1) is 5.52 Å². The van der Waals surface area contributed by atoms with Crippen LogP contribution in [0, 0.1) is 0 Å². The Morgan fingerprint density at radius 3 is 2.71 bits per heavy atom. The molecule has 0 saturated heterocycles. The summed E-state index contributed by atoms with van der Waals surface area (Å²) in [5, 5.41) is 6.62. The molecule has 0 unspecified atom stereocenters. The quantitative estimate of drug-likeness (QED) is 0.783. The highest BCUT2D eigenvalue weighted by atomic mass is 32.1. The third-order valence-electron chi connectivity index (χ3n) is 3.24. The van der Waals surface area contributed by atoms with Gasteiger partial charge in [-0.25, -0.2) is 4.98 Å². The Hall–Kier alpha value is -2.14. The van der Waals surface area contributed by atoms with E-state index in [-0.39, 0.29) is 0 Å². The van der Waals surface area contributed by atoms with Crippen LogP contribution in [0.2, 0.25) is 0 Å². The molecule has 5 heteroatoms. The SMILES string of the molecule is CN(C)c1nc(NCCc2cccs2)c2ccccc2n1. The summed E-state index contributed by atoms with van der Waals surface area (Å²) in [6, 6.07) is 12.4. The Bertz CT molecular complexity index is 722. The average Bonchev–Trinajstić information content (AvgIpc) is 3.00. The maximum absolute atomic E-state index is 4.63.